The molecule has 0 atom stereocenters. The van der Waals surface area contributed by atoms with Crippen molar-refractivity contribution in [1.29, 1.82) is 0 Å². The minimum absolute atomic E-state index is 0.0587. The molecule has 0 saturated heterocycles. The van der Waals surface area contributed by atoms with E-state index < -0.39 is 10.8 Å². The van der Waals surface area contributed by atoms with E-state index in [1.165, 1.54) is 18.2 Å². The summed E-state index contributed by atoms with van der Waals surface area (Å²) in [7, 11) is 0. The number of amides is 1. The molecule has 2 aromatic carbocycles. The van der Waals surface area contributed by atoms with Crippen LogP contribution in [-0.4, -0.2) is 10.8 Å². The molecule has 1 N–H and O–H groups in total. The van der Waals surface area contributed by atoms with Crippen molar-refractivity contribution >= 4 is 17.3 Å². The molecule has 20 heavy (non-hydrogen) atoms. The largest absolute Gasteiger partial charge is 0.322 e. The summed E-state index contributed by atoms with van der Waals surface area (Å²) in [6, 6.07) is 13.3. The first-order valence-electron chi connectivity index (χ1n) is 6.26. The molecule has 0 aliphatic heterocycles. The van der Waals surface area contributed by atoms with Gasteiger partial charge < -0.3 is 5.32 Å². The quantitative estimate of drug-likeness (QED) is 0.683. The number of anilines is 1. The van der Waals surface area contributed by atoms with Crippen LogP contribution in [0.2, 0.25) is 0 Å². The number of carbonyl (C=O) groups is 1. The molecule has 0 fully saturated rings. The molecule has 0 unspecified atom stereocenters. The molecule has 5 nitrogen and oxygen atoms in total. The van der Waals surface area contributed by atoms with E-state index in [2.05, 4.69) is 5.32 Å². The number of nitrogens with zero attached hydrogens (tertiary/aromatic N) is 1. The van der Waals surface area contributed by atoms with E-state index in [9.17, 15) is 14.9 Å². The van der Waals surface area contributed by atoms with E-state index in [0.29, 0.717) is 5.69 Å². The third-order valence-corrected chi connectivity index (χ3v) is 2.99. The highest BCUT2D eigenvalue weighted by Gasteiger charge is 2.19. The van der Waals surface area contributed by atoms with Crippen LogP contribution in [0, 0.1) is 10.1 Å². The number of nitrogens with one attached hydrogen (secondary N) is 1. The van der Waals surface area contributed by atoms with Crippen LogP contribution >= 0.6 is 0 Å². The molecule has 5 heteroatoms. The smallest absolute Gasteiger partial charge is 0.282 e. The van der Waals surface area contributed by atoms with Gasteiger partial charge in [0.05, 0.1) is 4.92 Å². The van der Waals surface area contributed by atoms with Gasteiger partial charge in [0.2, 0.25) is 0 Å². The molecule has 0 aliphatic carbocycles. The first-order valence-corrected chi connectivity index (χ1v) is 6.26. The van der Waals surface area contributed by atoms with Crippen molar-refractivity contribution in [2.75, 3.05) is 5.32 Å². The Bertz CT molecular complexity index is 653. The predicted octanol–water partition coefficient (Wildman–Crippen LogP) is 3.41. The monoisotopic (exact) mass is 270 g/mol. The van der Waals surface area contributed by atoms with Gasteiger partial charge in [0.15, 0.2) is 0 Å². The van der Waals surface area contributed by atoms with Crippen LogP contribution in [0.25, 0.3) is 0 Å². The molecule has 0 radical (unpaired) electrons. The van der Waals surface area contributed by atoms with Crippen molar-refractivity contribution in [2.24, 2.45) is 0 Å². The van der Waals surface area contributed by atoms with Crippen molar-refractivity contribution in [3.8, 4) is 0 Å². The molecule has 0 aromatic heterocycles. The Morgan fingerprint density at radius 1 is 1.15 bits per heavy atom. The number of carbonyl (C=O) groups excluding carboxylic acids is 1. The fourth-order valence-corrected chi connectivity index (χ4v) is 1.97. The van der Waals surface area contributed by atoms with Gasteiger partial charge >= 0.3 is 0 Å². The number of nitro groups is 1. The molecular formula is C15H14N2O3. The first-order chi connectivity index (χ1) is 9.63. The van der Waals surface area contributed by atoms with Crippen LogP contribution in [0.5, 0.6) is 0 Å². The molecule has 102 valence electrons. The second-order valence-electron chi connectivity index (χ2n) is 4.24. The van der Waals surface area contributed by atoms with Crippen LogP contribution in [0.3, 0.4) is 0 Å². The summed E-state index contributed by atoms with van der Waals surface area (Å²) in [5.74, 6) is -0.474. The summed E-state index contributed by atoms with van der Waals surface area (Å²) in [4.78, 5) is 22.6. The summed E-state index contributed by atoms with van der Waals surface area (Å²) in [6.45, 7) is 1.98. The topological polar surface area (TPSA) is 72.2 Å². The van der Waals surface area contributed by atoms with E-state index in [4.69, 9.17) is 0 Å². The Balaban J connectivity index is 2.31. The van der Waals surface area contributed by atoms with E-state index in [1.54, 1.807) is 12.1 Å². The van der Waals surface area contributed by atoms with Gasteiger partial charge in [-0.15, -0.1) is 0 Å². The normalized spacial score (nSPS) is 10.1. The SMILES string of the molecule is CCc1ccccc1NC(=O)c1ccccc1[N+](=O)[O-]. The molecule has 2 rings (SSSR count). The van der Waals surface area contributed by atoms with Crippen molar-refractivity contribution in [2.45, 2.75) is 13.3 Å². The van der Waals surface area contributed by atoms with Gasteiger partial charge in [-0.25, -0.2) is 0 Å². The summed E-state index contributed by atoms with van der Waals surface area (Å²) < 4.78 is 0. The Morgan fingerprint density at radius 2 is 1.80 bits per heavy atom. The molecule has 0 aliphatic rings. The third-order valence-electron chi connectivity index (χ3n) is 2.99. The van der Waals surface area contributed by atoms with Crippen LogP contribution < -0.4 is 5.32 Å². The third kappa shape index (κ3) is 2.83. The average molecular weight is 270 g/mol. The zero-order chi connectivity index (χ0) is 14.5. The predicted molar refractivity (Wildman–Crippen MR) is 76.9 cm³/mol. The molecular weight excluding hydrogens is 256 g/mol. The van der Waals surface area contributed by atoms with Crippen LogP contribution in [0.4, 0.5) is 11.4 Å². The number of hydrogen-bond donors (Lipinski definition) is 1. The second kappa shape index (κ2) is 5.97. The summed E-state index contributed by atoms with van der Waals surface area (Å²) in [5.41, 5.74) is 1.53. The number of aryl methyl sites for hydroxylation is 1. The molecule has 2 aromatic rings. The fourth-order valence-electron chi connectivity index (χ4n) is 1.97. The molecule has 0 spiro atoms. The second-order valence-corrected chi connectivity index (χ2v) is 4.24. The van der Waals surface area contributed by atoms with Gasteiger partial charge in [-0.05, 0) is 24.1 Å². The highest BCUT2D eigenvalue weighted by atomic mass is 16.6. The van der Waals surface area contributed by atoms with E-state index in [0.717, 1.165) is 12.0 Å². The minimum atomic E-state index is -0.555. The maximum Gasteiger partial charge on any atom is 0.282 e. The molecule has 0 bridgehead atoms. The number of benzene rings is 2. The molecule has 0 heterocycles. The number of nitro benzene ring substituents is 1. The van der Waals surface area contributed by atoms with Gasteiger partial charge in [-0.2, -0.15) is 0 Å². The van der Waals surface area contributed by atoms with E-state index in [1.807, 2.05) is 25.1 Å². The van der Waals surface area contributed by atoms with Gasteiger partial charge in [-0.1, -0.05) is 37.3 Å². The highest BCUT2D eigenvalue weighted by Crippen LogP contribution is 2.21. The van der Waals surface area contributed by atoms with Crippen LogP contribution in [0.1, 0.15) is 22.8 Å². The summed E-state index contributed by atoms with van der Waals surface area (Å²) in [6.07, 6.45) is 0.771. The van der Waals surface area contributed by atoms with E-state index in [-0.39, 0.29) is 11.3 Å². The number of para-hydroxylation sites is 2. The fraction of sp³-hybridized carbons (Fsp3) is 0.133. The molecule has 0 saturated carbocycles. The van der Waals surface area contributed by atoms with Crippen LogP contribution in [0.15, 0.2) is 48.5 Å². The Hall–Kier alpha value is -2.69. The summed E-state index contributed by atoms with van der Waals surface area (Å²) in [5, 5.41) is 13.7. The number of hydrogen-bond acceptors (Lipinski definition) is 3. The zero-order valence-corrected chi connectivity index (χ0v) is 11.0. The summed E-state index contributed by atoms with van der Waals surface area (Å²) >= 11 is 0. The lowest BCUT2D eigenvalue weighted by Crippen LogP contribution is -2.14. The van der Waals surface area contributed by atoms with Crippen molar-refractivity contribution in [3.63, 3.8) is 0 Å². The highest BCUT2D eigenvalue weighted by molar-refractivity contribution is 6.07. The lowest BCUT2D eigenvalue weighted by molar-refractivity contribution is -0.385. The number of rotatable bonds is 4. The lowest BCUT2D eigenvalue weighted by Gasteiger charge is -2.09. The van der Waals surface area contributed by atoms with Crippen LogP contribution in [-0.2, 0) is 6.42 Å². The maximum atomic E-state index is 12.2. The van der Waals surface area contributed by atoms with Gasteiger partial charge in [0, 0.05) is 11.8 Å². The Labute approximate surface area is 116 Å². The minimum Gasteiger partial charge on any atom is -0.322 e. The lowest BCUT2D eigenvalue weighted by atomic mass is 10.1. The average Bonchev–Trinajstić information content (AvgIpc) is 2.47. The first kappa shape index (κ1) is 13.7. The van der Waals surface area contributed by atoms with Crippen molar-refractivity contribution in [1.82, 2.24) is 0 Å². The van der Waals surface area contributed by atoms with E-state index >= 15 is 0 Å². The van der Waals surface area contributed by atoms with Gasteiger partial charge in [0.25, 0.3) is 11.6 Å². The maximum absolute atomic E-state index is 12.2. The van der Waals surface area contributed by atoms with Crippen molar-refractivity contribution < 1.29 is 9.72 Å². The molecule has 1 amide bonds. The Morgan fingerprint density at radius 3 is 2.50 bits per heavy atom. The Kier molecular flexibility index (Phi) is 4.10. The zero-order valence-electron chi connectivity index (χ0n) is 11.0. The van der Waals surface area contributed by atoms with Gasteiger partial charge in [0.1, 0.15) is 5.56 Å². The van der Waals surface area contributed by atoms with Gasteiger partial charge in [-0.3, -0.25) is 14.9 Å². The standard InChI is InChI=1S/C15H14N2O3/c1-2-11-7-3-5-9-13(11)16-15(18)12-8-4-6-10-14(12)17(19)20/h3-10H,2H2,1H3,(H,16,18). The van der Waals surface area contributed by atoms with Crippen molar-refractivity contribution in [3.05, 3.63) is 69.8 Å².